The molecule has 2 aromatic carbocycles. The number of amides is 1. The number of fused-ring (bicyclic) bond motifs is 3. The van der Waals surface area contributed by atoms with Crippen LogP contribution >= 0.6 is 0 Å². The lowest BCUT2D eigenvalue weighted by Crippen LogP contribution is -2.21. The number of rotatable bonds is 2. The summed E-state index contributed by atoms with van der Waals surface area (Å²) >= 11 is 0. The predicted octanol–water partition coefficient (Wildman–Crippen LogP) is 3.41. The van der Waals surface area contributed by atoms with Crippen LogP contribution in [0.5, 0.6) is 0 Å². The van der Waals surface area contributed by atoms with Gasteiger partial charge >= 0.3 is 0 Å². The van der Waals surface area contributed by atoms with Crippen LogP contribution in [-0.2, 0) is 14.3 Å². The molecule has 22 heavy (non-hydrogen) atoms. The van der Waals surface area contributed by atoms with E-state index in [2.05, 4.69) is 5.32 Å². The standard InChI is InChI=1S/C17H13NO4/c19-17(16-10-20-7-8-21-16)18-11-5-6-15-13(9-11)12-3-1-2-4-14(12)22-15/h1-6,9-10H,7-8H2,(H,18,19). The zero-order valence-corrected chi connectivity index (χ0v) is 11.7. The summed E-state index contributed by atoms with van der Waals surface area (Å²) in [4.78, 5) is 12.1. The van der Waals surface area contributed by atoms with E-state index in [1.54, 1.807) is 6.07 Å². The summed E-state index contributed by atoms with van der Waals surface area (Å²) in [6.07, 6.45) is 1.34. The fraction of sp³-hybridized carbons (Fsp3) is 0.118. The van der Waals surface area contributed by atoms with E-state index in [9.17, 15) is 4.79 Å². The molecule has 0 unspecified atom stereocenters. The molecular weight excluding hydrogens is 282 g/mol. The third kappa shape index (κ3) is 2.16. The summed E-state index contributed by atoms with van der Waals surface area (Å²) in [6.45, 7) is 0.842. The van der Waals surface area contributed by atoms with Crippen molar-refractivity contribution >= 4 is 33.5 Å². The van der Waals surface area contributed by atoms with Crippen LogP contribution in [0.2, 0.25) is 0 Å². The lowest BCUT2D eigenvalue weighted by atomic mass is 10.1. The maximum absolute atomic E-state index is 12.1. The second kappa shape index (κ2) is 5.11. The van der Waals surface area contributed by atoms with Crippen LogP contribution in [0.3, 0.4) is 0 Å². The minimum absolute atomic E-state index is 0.184. The van der Waals surface area contributed by atoms with Crippen LogP contribution in [0.25, 0.3) is 21.9 Å². The van der Waals surface area contributed by atoms with Crippen molar-refractivity contribution in [1.29, 1.82) is 0 Å². The number of nitrogens with one attached hydrogen (secondary N) is 1. The molecule has 0 saturated carbocycles. The topological polar surface area (TPSA) is 60.7 Å². The second-order valence-corrected chi connectivity index (χ2v) is 4.96. The molecule has 4 rings (SSSR count). The normalized spacial score (nSPS) is 14.3. The summed E-state index contributed by atoms with van der Waals surface area (Å²) in [5.74, 6) is -0.143. The van der Waals surface area contributed by atoms with Gasteiger partial charge in [0.05, 0.1) is 0 Å². The zero-order valence-electron chi connectivity index (χ0n) is 11.7. The molecule has 0 spiro atoms. The summed E-state index contributed by atoms with van der Waals surface area (Å²) in [5.41, 5.74) is 2.29. The number of hydrogen-bond donors (Lipinski definition) is 1. The van der Waals surface area contributed by atoms with Gasteiger partial charge in [0, 0.05) is 16.5 Å². The molecule has 0 aliphatic carbocycles. The summed E-state index contributed by atoms with van der Waals surface area (Å²) in [7, 11) is 0. The van der Waals surface area contributed by atoms with Gasteiger partial charge in [-0.3, -0.25) is 4.79 Å². The molecule has 110 valence electrons. The maximum atomic E-state index is 12.1. The molecule has 0 saturated heterocycles. The minimum Gasteiger partial charge on any atom is -0.494 e. The van der Waals surface area contributed by atoms with Crippen molar-refractivity contribution in [1.82, 2.24) is 0 Å². The second-order valence-electron chi connectivity index (χ2n) is 4.96. The molecule has 1 aliphatic heterocycles. The molecule has 1 N–H and O–H groups in total. The first kappa shape index (κ1) is 12.8. The lowest BCUT2D eigenvalue weighted by molar-refractivity contribution is -0.117. The van der Waals surface area contributed by atoms with Gasteiger partial charge in [-0.05, 0) is 24.3 Å². The first-order chi connectivity index (χ1) is 10.8. The van der Waals surface area contributed by atoms with Crippen LogP contribution in [0, 0.1) is 0 Å². The number of carbonyl (C=O) groups excluding carboxylic acids is 1. The Morgan fingerprint density at radius 1 is 1.00 bits per heavy atom. The van der Waals surface area contributed by atoms with E-state index in [4.69, 9.17) is 13.9 Å². The third-order valence-electron chi connectivity index (χ3n) is 3.51. The van der Waals surface area contributed by atoms with Gasteiger partial charge in [-0.1, -0.05) is 18.2 Å². The zero-order chi connectivity index (χ0) is 14.9. The number of furan rings is 1. The van der Waals surface area contributed by atoms with E-state index >= 15 is 0 Å². The average Bonchev–Trinajstić information content (AvgIpc) is 2.94. The van der Waals surface area contributed by atoms with Crippen molar-refractivity contribution in [3.8, 4) is 0 Å². The van der Waals surface area contributed by atoms with E-state index in [1.165, 1.54) is 6.26 Å². The third-order valence-corrected chi connectivity index (χ3v) is 3.51. The Labute approximate surface area is 126 Å². The molecule has 1 aliphatic rings. The Kier molecular flexibility index (Phi) is 2.96. The minimum atomic E-state index is -0.327. The molecular formula is C17H13NO4. The van der Waals surface area contributed by atoms with E-state index in [0.29, 0.717) is 18.9 Å². The van der Waals surface area contributed by atoms with Gasteiger partial charge in [0.25, 0.3) is 5.91 Å². The highest BCUT2D eigenvalue weighted by molar-refractivity contribution is 6.08. The van der Waals surface area contributed by atoms with Crippen LogP contribution in [0.15, 0.2) is 58.9 Å². The van der Waals surface area contributed by atoms with Gasteiger partial charge in [-0.25, -0.2) is 0 Å². The largest absolute Gasteiger partial charge is 0.494 e. The average molecular weight is 295 g/mol. The molecule has 0 bridgehead atoms. The summed E-state index contributed by atoms with van der Waals surface area (Å²) in [6, 6.07) is 13.3. The van der Waals surface area contributed by atoms with Gasteiger partial charge in [-0.15, -0.1) is 0 Å². The van der Waals surface area contributed by atoms with Gasteiger partial charge in [0.15, 0.2) is 0 Å². The molecule has 0 radical (unpaired) electrons. The smallest absolute Gasteiger partial charge is 0.294 e. The molecule has 0 fully saturated rings. The van der Waals surface area contributed by atoms with Crippen LogP contribution in [0.1, 0.15) is 0 Å². The fourth-order valence-electron chi connectivity index (χ4n) is 2.48. The number of carbonyl (C=O) groups is 1. The molecule has 0 atom stereocenters. The highest BCUT2D eigenvalue weighted by Crippen LogP contribution is 2.30. The molecule has 5 heteroatoms. The van der Waals surface area contributed by atoms with Crippen LogP contribution in [-0.4, -0.2) is 19.1 Å². The monoisotopic (exact) mass is 295 g/mol. The van der Waals surface area contributed by atoms with Crippen LogP contribution in [0.4, 0.5) is 5.69 Å². The first-order valence-corrected chi connectivity index (χ1v) is 6.98. The Bertz CT molecular complexity index is 894. The van der Waals surface area contributed by atoms with Gasteiger partial charge in [-0.2, -0.15) is 0 Å². The summed E-state index contributed by atoms with van der Waals surface area (Å²) in [5, 5.41) is 4.78. The Morgan fingerprint density at radius 2 is 1.86 bits per heavy atom. The van der Waals surface area contributed by atoms with Crippen molar-refractivity contribution in [2.24, 2.45) is 0 Å². The Hall–Kier alpha value is -2.95. The number of anilines is 1. The number of ether oxygens (including phenoxy) is 2. The maximum Gasteiger partial charge on any atom is 0.294 e. The lowest BCUT2D eigenvalue weighted by Gasteiger charge is -2.15. The van der Waals surface area contributed by atoms with Crippen LogP contribution < -0.4 is 5.32 Å². The molecule has 3 aromatic rings. The van der Waals surface area contributed by atoms with Crippen molar-refractivity contribution in [2.75, 3.05) is 18.5 Å². The molecule has 2 heterocycles. The quantitative estimate of drug-likeness (QED) is 0.787. The van der Waals surface area contributed by atoms with Gasteiger partial charge < -0.3 is 19.2 Å². The molecule has 1 amide bonds. The SMILES string of the molecule is O=C(Nc1ccc2oc3ccccc3c2c1)C1=COCCO1. The number of para-hydroxylation sites is 1. The number of hydrogen-bond acceptors (Lipinski definition) is 4. The van der Waals surface area contributed by atoms with Gasteiger partial charge in [0.1, 0.15) is 30.6 Å². The molecule has 5 nitrogen and oxygen atoms in total. The fourth-order valence-corrected chi connectivity index (χ4v) is 2.48. The van der Waals surface area contributed by atoms with E-state index < -0.39 is 0 Å². The van der Waals surface area contributed by atoms with Crippen molar-refractivity contribution in [3.63, 3.8) is 0 Å². The van der Waals surface area contributed by atoms with Crippen molar-refractivity contribution in [2.45, 2.75) is 0 Å². The van der Waals surface area contributed by atoms with Crippen molar-refractivity contribution < 1.29 is 18.7 Å². The highest BCUT2D eigenvalue weighted by atomic mass is 16.6. The van der Waals surface area contributed by atoms with E-state index in [1.807, 2.05) is 36.4 Å². The van der Waals surface area contributed by atoms with Crippen molar-refractivity contribution in [3.05, 3.63) is 54.5 Å². The van der Waals surface area contributed by atoms with E-state index in [0.717, 1.165) is 21.9 Å². The predicted molar refractivity (Wildman–Crippen MR) is 82.3 cm³/mol. The Balaban J connectivity index is 1.68. The molecule has 1 aromatic heterocycles. The summed E-state index contributed by atoms with van der Waals surface area (Å²) < 4.78 is 16.1. The van der Waals surface area contributed by atoms with E-state index in [-0.39, 0.29) is 11.7 Å². The van der Waals surface area contributed by atoms with Gasteiger partial charge in [0.2, 0.25) is 5.76 Å². The first-order valence-electron chi connectivity index (χ1n) is 6.98. The highest BCUT2D eigenvalue weighted by Gasteiger charge is 2.16. The number of benzene rings is 2. The Morgan fingerprint density at radius 3 is 2.73 bits per heavy atom.